The molecule has 0 amide bonds. The van der Waals surface area contributed by atoms with E-state index in [4.69, 9.17) is 23.2 Å². The summed E-state index contributed by atoms with van der Waals surface area (Å²) in [5.74, 6) is 0.873. The van der Waals surface area contributed by atoms with E-state index in [1.807, 2.05) is 18.2 Å². The van der Waals surface area contributed by atoms with E-state index >= 15 is 0 Å². The average Bonchev–Trinajstić information content (AvgIpc) is 2.55. The molecule has 0 bridgehead atoms. The molecule has 0 fully saturated rings. The zero-order valence-corrected chi connectivity index (χ0v) is 14.7. The average molecular weight is 360 g/mol. The van der Waals surface area contributed by atoms with E-state index in [9.17, 15) is 0 Å². The van der Waals surface area contributed by atoms with E-state index in [1.54, 1.807) is 18.2 Å². The molecular formula is C17H15Cl2N5. The number of aromatic nitrogens is 3. The Kier molecular flexibility index (Phi) is 4.83. The molecule has 3 aromatic rings. The van der Waals surface area contributed by atoms with Crippen molar-refractivity contribution in [2.45, 2.75) is 13.8 Å². The van der Waals surface area contributed by atoms with Crippen molar-refractivity contribution in [2.75, 3.05) is 10.6 Å². The Morgan fingerprint density at radius 2 is 1.67 bits per heavy atom. The van der Waals surface area contributed by atoms with Gasteiger partial charge in [0.05, 0.1) is 21.9 Å². The number of anilines is 4. The Morgan fingerprint density at radius 1 is 0.917 bits per heavy atom. The summed E-state index contributed by atoms with van der Waals surface area (Å²) in [5, 5.41) is 15.2. The van der Waals surface area contributed by atoms with Crippen molar-refractivity contribution >= 4 is 46.3 Å². The lowest BCUT2D eigenvalue weighted by Crippen LogP contribution is -2.03. The molecule has 0 saturated heterocycles. The van der Waals surface area contributed by atoms with Crippen LogP contribution in [-0.4, -0.2) is 15.2 Å². The topological polar surface area (TPSA) is 62.7 Å². The van der Waals surface area contributed by atoms with E-state index in [0.29, 0.717) is 27.5 Å². The summed E-state index contributed by atoms with van der Waals surface area (Å²) in [6.07, 6.45) is 1.51. The van der Waals surface area contributed by atoms with Crippen molar-refractivity contribution in [1.29, 1.82) is 0 Å². The first kappa shape index (κ1) is 16.5. The largest absolute Gasteiger partial charge is 0.336 e. The third-order valence-corrected chi connectivity index (χ3v) is 4.17. The van der Waals surface area contributed by atoms with Gasteiger partial charge in [-0.05, 0) is 49.2 Å². The molecular weight excluding hydrogens is 345 g/mol. The number of para-hydroxylation sites is 1. The minimum absolute atomic E-state index is 0.381. The van der Waals surface area contributed by atoms with Crippen molar-refractivity contribution in [2.24, 2.45) is 0 Å². The Morgan fingerprint density at radius 3 is 2.38 bits per heavy atom. The maximum absolute atomic E-state index is 6.15. The van der Waals surface area contributed by atoms with Crippen LogP contribution in [0.15, 0.2) is 42.6 Å². The summed E-state index contributed by atoms with van der Waals surface area (Å²) < 4.78 is 0. The molecule has 5 nitrogen and oxygen atoms in total. The molecule has 0 spiro atoms. The Balaban J connectivity index is 1.82. The highest BCUT2D eigenvalue weighted by Gasteiger charge is 2.08. The fraction of sp³-hybridized carbons (Fsp3) is 0.118. The van der Waals surface area contributed by atoms with Gasteiger partial charge in [-0.15, -0.1) is 5.10 Å². The van der Waals surface area contributed by atoms with Crippen LogP contribution in [0.3, 0.4) is 0 Å². The highest BCUT2D eigenvalue weighted by atomic mass is 35.5. The quantitative estimate of drug-likeness (QED) is 0.663. The van der Waals surface area contributed by atoms with Gasteiger partial charge >= 0.3 is 0 Å². The summed E-state index contributed by atoms with van der Waals surface area (Å²) in [4.78, 5) is 4.38. The minimum atomic E-state index is 0.381. The highest BCUT2D eigenvalue weighted by molar-refractivity contribution is 6.39. The summed E-state index contributed by atoms with van der Waals surface area (Å²) >= 11 is 12.3. The smallest absolute Gasteiger partial charge is 0.249 e. The minimum Gasteiger partial charge on any atom is -0.336 e. The normalized spacial score (nSPS) is 10.5. The lowest BCUT2D eigenvalue weighted by molar-refractivity contribution is 0.982. The number of halogens is 2. The van der Waals surface area contributed by atoms with Crippen LogP contribution < -0.4 is 10.6 Å². The first-order valence-corrected chi connectivity index (χ1v) is 8.03. The Bertz CT molecular complexity index is 862. The molecule has 0 aliphatic heterocycles. The molecule has 3 rings (SSSR count). The van der Waals surface area contributed by atoms with Crippen molar-refractivity contribution in [1.82, 2.24) is 15.2 Å². The molecule has 24 heavy (non-hydrogen) atoms. The van der Waals surface area contributed by atoms with Crippen LogP contribution in [0.5, 0.6) is 0 Å². The second-order valence-corrected chi connectivity index (χ2v) is 6.13. The number of nitrogens with one attached hydrogen (secondary N) is 2. The SMILES string of the molecule is Cc1ccc(Nc2nncc(Nc3c(Cl)cccc3Cl)n2)cc1C. The van der Waals surface area contributed by atoms with E-state index in [2.05, 4.69) is 39.7 Å². The molecule has 2 N–H and O–H groups in total. The van der Waals surface area contributed by atoms with Crippen molar-refractivity contribution in [3.8, 4) is 0 Å². The maximum atomic E-state index is 6.15. The predicted molar refractivity (Wildman–Crippen MR) is 98.8 cm³/mol. The van der Waals surface area contributed by atoms with Gasteiger partial charge < -0.3 is 10.6 Å². The van der Waals surface area contributed by atoms with Gasteiger partial charge in [0.15, 0.2) is 5.82 Å². The Labute approximate surface area is 150 Å². The molecule has 0 radical (unpaired) electrons. The molecule has 0 aliphatic rings. The lowest BCUT2D eigenvalue weighted by Gasteiger charge is -2.11. The van der Waals surface area contributed by atoms with Crippen molar-refractivity contribution < 1.29 is 0 Å². The maximum Gasteiger partial charge on any atom is 0.249 e. The van der Waals surface area contributed by atoms with Gasteiger partial charge in [-0.2, -0.15) is 10.1 Å². The van der Waals surface area contributed by atoms with Crippen LogP contribution in [0.1, 0.15) is 11.1 Å². The van der Waals surface area contributed by atoms with Gasteiger partial charge in [0.1, 0.15) is 0 Å². The van der Waals surface area contributed by atoms with Crippen LogP contribution in [-0.2, 0) is 0 Å². The van der Waals surface area contributed by atoms with Crippen LogP contribution in [0.25, 0.3) is 0 Å². The first-order valence-electron chi connectivity index (χ1n) is 7.28. The van der Waals surface area contributed by atoms with Crippen LogP contribution in [0.4, 0.5) is 23.1 Å². The lowest BCUT2D eigenvalue weighted by atomic mass is 10.1. The van der Waals surface area contributed by atoms with Gasteiger partial charge in [0, 0.05) is 5.69 Å². The first-order chi connectivity index (χ1) is 11.5. The van der Waals surface area contributed by atoms with Gasteiger partial charge in [0.25, 0.3) is 0 Å². The molecule has 0 unspecified atom stereocenters. The highest BCUT2D eigenvalue weighted by Crippen LogP contribution is 2.32. The van der Waals surface area contributed by atoms with Gasteiger partial charge in [-0.3, -0.25) is 0 Å². The molecule has 1 heterocycles. The second kappa shape index (κ2) is 7.03. The third-order valence-electron chi connectivity index (χ3n) is 3.54. The summed E-state index contributed by atoms with van der Waals surface area (Å²) in [6, 6.07) is 11.3. The summed E-state index contributed by atoms with van der Waals surface area (Å²) in [7, 11) is 0. The van der Waals surface area contributed by atoms with E-state index in [1.165, 1.54) is 17.3 Å². The van der Waals surface area contributed by atoms with E-state index in [0.717, 1.165) is 5.69 Å². The predicted octanol–water partition coefficient (Wildman–Crippen LogP) is 5.28. The molecule has 0 saturated carbocycles. The van der Waals surface area contributed by atoms with E-state index < -0.39 is 0 Å². The summed E-state index contributed by atoms with van der Waals surface area (Å²) in [6.45, 7) is 4.12. The van der Waals surface area contributed by atoms with E-state index in [-0.39, 0.29) is 0 Å². The molecule has 1 aromatic heterocycles. The third kappa shape index (κ3) is 3.75. The zero-order chi connectivity index (χ0) is 17.1. The molecule has 0 atom stereocenters. The van der Waals surface area contributed by atoms with Gasteiger partial charge in [-0.1, -0.05) is 35.3 Å². The number of rotatable bonds is 4. The number of hydrogen-bond acceptors (Lipinski definition) is 5. The monoisotopic (exact) mass is 359 g/mol. The standard InChI is InChI=1S/C17H15Cl2N5/c1-10-6-7-12(8-11(10)2)21-17-23-15(9-20-24-17)22-16-13(18)4-3-5-14(16)19/h3-9H,1-2H3,(H2,21,22,23,24). The van der Waals surface area contributed by atoms with Crippen molar-refractivity contribution in [3.05, 3.63) is 63.8 Å². The molecule has 7 heteroatoms. The fourth-order valence-electron chi connectivity index (χ4n) is 2.11. The van der Waals surface area contributed by atoms with Crippen LogP contribution >= 0.6 is 23.2 Å². The molecule has 0 aliphatic carbocycles. The number of aryl methyl sites for hydroxylation is 2. The van der Waals surface area contributed by atoms with Gasteiger partial charge in [-0.25, -0.2) is 0 Å². The van der Waals surface area contributed by atoms with Crippen LogP contribution in [0.2, 0.25) is 10.0 Å². The zero-order valence-electron chi connectivity index (χ0n) is 13.1. The summed E-state index contributed by atoms with van der Waals surface area (Å²) in [5.41, 5.74) is 3.89. The number of hydrogen-bond donors (Lipinski definition) is 2. The van der Waals surface area contributed by atoms with Crippen LogP contribution in [0, 0.1) is 13.8 Å². The fourth-order valence-corrected chi connectivity index (χ4v) is 2.60. The van der Waals surface area contributed by atoms with Crippen molar-refractivity contribution in [3.63, 3.8) is 0 Å². The Hall–Kier alpha value is -2.37. The number of benzene rings is 2. The second-order valence-electron chi connectivity index (χ2n) is 5.31. The number of nitrogens with zero attached hydrogens (tertiary/aromatic N) is 3. The molecule has 122 valence electrons. The molecule has 2 aromatic carbocycles. The van der Waals surface area contributed by atoms with Gasteiger partial charge in [0.2, 0.25) is 5.95 Å².